The maximum absolute atomic E-state index is 12.4. The van der Waals surface area contributed by atoms with Crippen LogP contribution in [0.1, 0.15) is 49.5 Å². The number of benzene rings is 2. The number of amides is 3. The molecule has 0 radical (unpaired) electrons. The lowest BCUT2D eigenvalue weighted by molar-refractivity contribution is 0.0233. The summed E-state index contributed by atoms with van der Waals surface area (Å²) in [7, 11) is 0. The summed E-state index contributed by atoms with van der Waals surface area (Å²) in [6, 6.07) is 14.0. The van der Waals surface area contributed by atoms with Crippen molar-refractivity contribution in [1.29, 1.82) is 0 Å². The summed E-state index contributed by atoms with van der Waals surface area (Å²) in [5.41, 5.74) is 4.22. The molecule has 0 saturated heterocycles. The third-order valence-corrected chi connectivity index (χ3v) is 4.34. The lowest BCUT2D eigenvalue weighted by atomic mass is 10.1. The van der Waals surface area contributed by atoms with Gasteiger partial charge in [0.05, 0.1) is 17.7 Å². The monoisotopic (exact) mass is 336 g/mol. The zero-order valence-electron chi connectivity index (χ0n) is 13.4. The van der Waals surface area contributed by atoms with Crippen LogP contribution in [0.25, 0.3) is 0 Å². The maximum atomic E-state index is 12.4. The molecule has 126 valence electrons. The Morgan fingerprint density at radius 1 is 1.04 bits per heavy atom. The first-order valence-electron chi connectivity index (χ1n) is 8.13. The number of imide groups is 1. The van der Waals surface area contributed by atoms with E-state index in [0.717, 1.165) is 18.4 Å². The van der Waals surface area contributed by atoms with Gasteiger partial charge in [0.15, 0.2) is 0 Å². The van der Waals surface area contributed by atoms with Gasteiger partial charge < -0.3 is 0 Å². The number of nitrogens with zero attached hydrogens (tertiary/aromatic N) is 1. The largest absolute Gasteiger partial charge is 0.274 e. The molecule has 6 nitrogen and oxygen atoms in total. The second-order valence-corrected chi connectivity index (χ2v) is 6.18. The van der Waals surface area contributed by atoms with E-state index in [1.807, 2.05) is 30.3 Å². The average Bonchev–Trinajstić information content (AvgIpc) is 3.43. The molecule has 2 aromatic carbocycles. The van der Waals surface area contributed by atoms with E-state index in [-0.39, 0.29) is 35.6 Å². The fourth-order valence-electron chi connectivity index (χ4n) is 2.88. The van der Waals surface area contributed by atoms with Crippen molar-refractivity contribution in [1.82, 2.24) is 10.4 Å². The molecule has 0 bridgehead atoms. The molecule has 1 aliphatic carbocycles. The molecule has 1 aliphatic heterocycles. The van der Waals surface area contributed by atoms with Crippen LogP contribution in [0.15, 0.2) is 48.5 Å². The van der Waals surface area contributed by atoms with Gasteiger partial charge in [-0.2, -0.15) is 0 Å². The predicted molar refractivity (Wildman–Crippen MR) is 88.7 cm³/mol. The molecule has 6 heteroatoms. The third kappa shape index (κ3) is 2.92. The molecule has 25 heavy (non-hydrogen) atoms. The summed E-state index contributed by atoms with van der Waals surface area (Å²) in [4.78, 5) is 43.4. The smallest absolute Gasteiger partial charge is 0.271 e. The van der Waals surface area contributed by atoms with Crippen LogP contribution >= 0.6 is 0 Å². The standard InChI is InChI=1S/C19H16N2O4/c22-17(20-25-11-12-4-2-1-3-5-12)13-6-9-15-16(10-13)19(24)21(18(15)23)14-7-8-14/h1-6,9-10,14H,7-8,11H2,(H,20,22). The molecule has 3 amide bonds. The van der Waals surface area contributed by atoms with Crippen molar-refractivity contribution in [2.24, 2.45) is 0 Å². The number of nitrogens with one attached hydrogen (secondary N) is 1. The van der Waals surface area contributed by atoms with E-state index in [4.69, 9.17) is 4.84 Å². The Labute approximate surface area is 144 Å². The number of hydrogen-bond acceptors (Lipinski definition) is 4. The van der Waals surface area contributed by atoms with E-state index in [1.54, 1.807) is 0 Å². The Morgan fingerprint density at radius 3 is 2.48 bits per heavy atom. The van der Waals surface area contributed by atoms with Crippen LogP contribution in [-0.4, -0.2) is 28.7 Å². The van der Waals surface area contributed by atoms with E-state index in [1.165, 1.54) is 23.1 Å². The van der Waals surface area contributed by atoms with Crippen LogP contribution < -0.4 is 5.48 Å². The van der Waals surface area contributed by atoms with Crippen LogP contribution in [-0.2, 0) is 11.4 Å². The summed E-state index contributed by atoms with van der Waals surface area (Å²) >= 11 is 0. The molecule has 1 saturated carbocycles. The highest BCUT2D eigenvalue weighted by atomic mass is 16.6. The second-order valence-electron chi connectivity index (χ2n) is 6.18. The third-order valence-electron chi connectivity index (χ3n) is 4.34. The number of carbonyl (C=O) groups is 3. The van der Waals surface area contributed by atoms with Crippen molar-refractivity contribution in [3.05, 3.63) is 70.8 Å². The van der Waals surface area contributed by atoms with E-state index in [9.17, 15) is 14.4 Å². The Kier molecular flexibility index (Phi) is 3.82. The minimum absolute atomic E-state index is 0.0129. The molecular weight excluding hydrogens is 320 g/mol. The zero-order valence-corrected chi connectivity index (χ0v) is 13.4. The number of carbonyl (C=O) groups excluding carboxylic acids is 3. The van der Waals surface area contributed by atoms with Gasteiger partial charge in [0, 0.05) is 11.6 Å². The number of hydrogen-bond donors (Lipinski definition) is 1. The van der Waals surface area contributed by atoms with Crippen LogP contribution in [0.2, 0.25) is 0 Å². The molecule has 0 unspecified atom stereocenters. The van der Waals surface area contributed by atoms with E-state index < -0.39 is 5.91 Å². The average molecular weight is 336 g/mol. The maximum Gasteiger partial charge on any atom is 0.274 e. The molecule has 1 fully saturated rings. The highest BCUT2D eigenvalue weighted by molar-refractivity contribution is 6.22. The Bertz CT molecular complexity index is 859. The van der Waals surface area contributed by atoms with Crippen LogP contribution in [0.5, 0.6) is 0 Å². The van der Waals surface area contributed by atoms with E-state index in [2.05, 4.69) is 5.48 Å². The van der Waals surface area contributed by atoms with Crippen molar-refractivity contribution in [2.75, 3.05) is 0 Å². The Hall–Kier alpha value is -2.99. The van der Waals surface area contributed by atoms with Crippen molar-refractivity contribution in [3.8, 4) is 0 Å². The first-order chi connectivity index (χ1) is 12.1. The molecule has 1 heterocycles. The number of hydroxylamine groups is 1. The van der Waals surface area contributed by atoms with Gasteiger partial charge >= 0.3 is 0 Å². The van der Waals surface area contributed by atoms with Gasteiger partial charge in [-0.1, -0.05) is 30.3 Å². The molecule has 0 aromatic heterocycles. The first-order valence-corrected chi connectivity index (χ1v) is 8.13. The molecule has 1 N–H and O–H groups in total. The minimum Gasteiger partial charge on any atom is -0.271 e. The van der Waals surface area contributed by atoms with Gasteiger partial charge in [0.25, 0.3) is 17.7 Å². The zero-order chi connectivity index (χ0) is 17.4. The highest BCUT2D eigenvalue weighted by Crippen LogP contribution is 2.34. The van der Waals surface area contributed by atoms with E-state index >= 15 is 0 Å². The lowest BCUT2D eigenvalue weighted by Gasteiger charge is -2.11. The van der Waals surface area contributed by atoms with Gasteiger partial charge in [0.1, 0.15) is 0 Å². The quantitative estimate of drug-likeness (QED) is 0.671. The molecular formula is C19H16N2O4. The van der Waals surface area contributed by atoms with Crippen LogP contribution in [0, 0.1) is 0 Å². The number of rotatable bonds is 5. The summed E-state index contributed by atoms with van der Waals surface area (Å²) in [6.07, 6.45) is 1.71. The van der Waals surface area contributed by atoms with Gasteiger partial charge in [-0.3, -0.25) is 24.1 Å². The van der Waals surface area contributed by atoms with Gasteiger partial charge in [-0.05, 0) is 36.6 Å². The van der Waals surface area contributed by atoms with Gasteiger partial charge in [-0.15, -0.1) is 0 Å². The Morgan fingerprint density at radius 2 is 1.76 bits per heavy atom. The number of fused-ring (bicyclic) bond motifs is 1. The summed E-state index contributed by atoms with van der Waals surface area (Å²) < 4.78 is 0. The SMILES string of the molecule is O=C(NOCc1ccccc1)c1ccc2c(c1)C(=O)N(C1CC1)C2=O. The van der Waals surface area contributed by atoms with Crippen LogP contribution in [0.4, 0.5) is 0 Å². The molecule has 0 atom stereocenters. The fourth-order valence-corrected chi connectivity index (χ4v) is 2.88. The minimum atomic E-state index is -0.455. The van der Waals surface area contributed by atoms with Crippen molar-refractivity contribution in [3.63, 3.8) is 0 Å². The van der Waals surface area contributed by atoms with Crippen molar-refractivity contribution in [2.45, 2.75) is 25.5 Å². The molecule has 4 rings (SSSR count). The van der Waals surface area contributed by atoms with Crippen LogP contribution in [0.3, 0.4) is 0 Å². The van der Waals surface area contributed by atoms with Gasteiger partial charge in [-0.25, -0.2) is 5.48 Å². The summed E-state index contributed by atoms with van der Waals surface area (Å²) in [6.45, 7) is 0.240. The topological polar surface area (TPSA) is 75.7 Å². The summed E-state index contributed by atoms with van der Waals surface area (Å²) in [5, 5.41) is 0. The predicted octanol–water partition coefficient (Wildman–Crippen LogP) is 2.31. The van der Waals surface area contributed by atoms with Gasteiger partial charge in [0.2, 0.25) is 0 Å². The fraction of sp³-hybridized carbons (Fsp3) is 0.211. The highest BCUT2D eigenvalue weighted by Gasteiger charge is 2.44. The summed E-state index contributed by atoms with van der Waals surface area (Å²) in [5.74, 6) is -1.04. The molecule has 0 spiro atoms. The second kappa shape index (κ2) is 6.14. The molecule has 2 aliphatic rings. The Balaban J connectivity index is 1.44. The van der Waals surface area contributed by atoms with Crippen molar-refractivity contribution < 1.29 is 19.2 Å². The van der Waals surface area contributed by atoms with Crippen molar-refractivity contribution >= 4 is 17.7 Å². The first kappa shape index (κ1) is 15.5. The lowest BCUT2D eigenvalue weighted by Crippen LogP contribution is -2.31. The molecule has 2 aromatic rings. The normalized spacial score (nSPS) is 16.1. The van der Waals surface area contributed by atoms with E-state index in [0.29, 0.717) is 5.56 Å².